The summed E-state index contributed by atoms with van der Waals surface area (Å²) < 4.78 is 115. The van der Waals surface area contributed by atoms with Crippen molar-refractivity contribution >= 4 is 23.8 Å². The molecule has 8 nitrogen and oxygen atoms in total. The third-order valence-electron chi connectivity index (χ3n) is 7.75. The second-order valence-corrected chi connectivity index (χ2v) is 11.6. The maximum atomic E-state index is 14.5. The summed E-state index contributed by atoms with van der Waals surface area (Å²) in [4.78, 5) is 20.0. The average molecular weight is 729 g/mol. The first kappa shape index (κ1) is 38.2. The second kappa shape index (κ2) is 17.4. The lowest BCUT2D eigenvalue weighted by Crippen LogP contribution is -2.61. The number of rotatable bonds is 12. The Balaban J connectivity index is 1.62. The molecule has 1 aliphatic rings. The zero-order valence-corrected chi connectivity index (χ0v) is 27.7. The summed E-state index contributed by atoms with van der Waals surface area (Å²) in [5.74, 6) is -2.42. The third-order valence-corrected chi connectivity index (χ3v) is 7.75. The van der Waals surface area contributed by atoms with E-state index in [9.17, 15) is 31.1 Å². The van der Waals surface area contributed by atoms with Gasteiger partial charge in [0.25, 0.3) is 5.90 Å². The molecule has 1 saturated heterocycles. The normalized spacial score (nSPS) is 21.2. The van der Waals surface area contributed by atoms with Crippen LogP contribution in [0.2, 0.25) is 0 Å². The topological polar surface area (TPSA) is 87.9 Å². The van der Waals surface area contributed by atoms with Gasteiger partial charge in [-0.15, -0.1) is 0 Å². The van der Waals surface area contributed by atoms with Gasteiger partial charge < -0.3 is 23.7 Å². The quantitative estimate of drug-likeness (QED) is 0.0632. The van der Waals surface area contributed by atoms with E-state index in [-0.39, 0.29) is 24.5 Å². The number of aliphatic imine (C=N–C) groups is 2. The van der Waals surface area contributed by atoms with Crippen LogP contribution in [-0.4, -0.2) is 61.5 Å². The maximum absolute atomic E-state index is 14.5. The molecular formula is C38H34F6N2O6. The number of carbonyl (C=O) groups excluding carboxylic acids is 1. The van der Waals surface area contributed by atoms with Crippen LogP contribution in [0, 0.1) is 0 Å². The first-order chi connectivity index (χ1) is 24.9. The first-order valence-corrected chi connectivity index (χ1v) is 16.1. The Kier molecular flexibility index (Phi) is 12.8. The largest absolute Gasteiger partial charge is 0.468 e. The van der Waals surface area contributed by atoms with Gasteiger partial charge in [0.05, 0.1) is 24.5 Å². The molecule has 5 atom stereocenters. The Hall–Kier alpha value is -5.05. The summed E-state index contributed by atoms with van der Waals surface area (Å²) in [5, 5.41) is 0. The molecule has 1 fully saturated rings. The standard InChI is InChI=1S/C38H34F6N2O6/c1-25(47)48-24-31-33(49-22-26-13-5-2-6-14-26)34(50-23-27-15-7-3-8-16-27)32(45-21-28-17-11-12-20-30(28)37(39,40)41)35(51-31)52-36(38(42,43)44)46-29-18-9-4-10-19-29/h2-21,31-35H,22-24H2,1H3/t31-,32-,33+,34-,35-/m1/s1. The molecule has 1 heterocycles. The maximum Gasteiger partial charge on any atom is 0.468 e. The number of alkyl halides is 6. The smallest absolute Gasteiger partial charge is 0.463 e. The molecule has 4 aromatic rings. The number of para-hydroxylation sites is 1. The van der Waals surface area contributed by atoms with Crippen LogP contribution in [-0.2, 0) is 47.9 Å². The molecule has 0 spiro atoms. The van der Waals surface area contributed by atoms with E-state index in [4.69, 9.17) is 23.7 Å². The van der Waals surface area contributed by atoms with E-state index in [1.807, 2.05) is 0 Å². The van der Waals surface area contributed by atoms with Crippen molar-refractivity contribution in [1.82, 2.24) is 0 Å². The minimum absolute atomic E-state index is 0.0429. The zero-order chi connectivity index (χ0) is 37.1. The van der Waals surface area contributed by atoms with Gasteiger partial charge in [-0.3, -0.25) is 9.79 Å². The van der Waals surface area contributed by atoms with Crippen LogP contribution in [0.1, 0.15) is 29.2 Å². The molecule has 0 aliphatic carbocycles. The summed E-state index contributed by atoms with van der Waals surface area (Å²) in [6, 6.07) is 27.8. The van der Waals surface area contributed by atoms with Crippen LogP contribution in [0.15, 0.2) is 125 Å². The molecule has 0 aromatic heterocycles. The van der Waals surface area contributed by atoms with Crippen molar-refractivity contribution in [3.8, 4) is 0 Å². The third kappa shape index (κ3) is 10.7. The van der Waals surface area contributed by atoms with E-state index in [2.05, 4.69) is 9.98 Å². The number of benzene rings is 4. The number of halogens is 6. The SMILES string of the molecule is CC(=O)OC[C@H]1O[C@H](OC(=Nc2ccccc2)C(F)(F)F)[C@H](N=Cc2ccccc2C(F)(F)F)[C@@H](OCc2ccccc2)[C@H]1OCc1ccccc1. The number of hydrogen-bond donors (Lipinski definition) is 0. The highest BCUT2D eigenvalue weighted by Gasteiger charge is 2.52. The Morgan fingerprint density at radius 3 is 1.85 bits per heavy atom. The van der Waals surface area contributed by atoms with Crippen LogP contribution in [0.25, 0.3) is 0 Å². The van der Waals surface area contributed by atoms with Gasteiger partial charge >= 0.3 is 18.3 Å². The summed E-state index contributed by atoms with van der Waals surface area (Å²) in [6.07, 6.45) is -14.8. The summed E-state index contributed by atoms with van der Waals surface area (Å²) >= 11 is 0. The van der Waals surface area contributed by atoms with Crippen LogP contribution in [0.5, 0.6) is 0 Å². The fraction of sp³-hybridized carbons (Fsp3) is 0.289. The molecule has 0 saturated carbocycles. The van der Waals surface area contributed by atoms with Crippen molar-refractivity contribution in [3.63, 3.8) is 0 Å². The molecule has 1 aliphatic heterocycles. The van der Waals surface area contributed by atoms with Crippen LogP contribution in [0.3, 0.4) is 0 Å². The van der Waals surface area contributed by atoms with Gasteiger partial charge in [0.15, 0.2) is 0 Å². The lowest BCUT2D eigenvalue weighted by molar-refractivity contribution is -0.271. The number of hydrogen-bond acceptors (Lipinski definition) is 8. The number of esters is 1. The highest BCUT2D eigenvalue weighted by atomic mass is 19.4. The molecule has 0 unspecified atom stereocenters. The lowest BCUT2D eigenvalue weighted by Gasteiger charge is -2.44. The molecule has 0 bridgehead atoms. The highest BCUT2D eigenvalue weighted by Crippen LogP contribution is 2.35. The predicted molar refractivity (Wildman–Crippen MR) is 179 cm³/mol. The zero-order valence-electron chi connectivity index (χ0n) is 27.7. The molecule has 52 heavy (non-hydrogen) atoms. The van der Waals surface area contributed by atoms with E-state index in [0.29, 0.717) is 11.1 Å². The molecule has 5 rings (SSSR count). The minimum atomic E-state index is -5.15. The number of nitrogens with zero attached hydrogens (tertiary/aromatic N) is 2. The van der Waals surface area contributed by atoms with Crippen molar-refractivity contribution < 1.29 is 54.8 Å². The molecular weight excluding hydrogens is 694 g/mol. The van der Waals surface area contributed by atoms with Crippen LogP contribution in [0.4, 0.5) is 32.0 Å². The van der Waals surface area contributed by atoms with E-state index < -0.39 is 67.0 Å². The van der Waals surface area contributed by atoms with Crippen molar-refractivity contribution in [2.24, 2.45) is 9.98 Å². The molecule has 0 radical (unpaired) electrons. The van der Waals surface area contributed by atoms with Gasteiger partial charge in [0.2, 0.25) is 6.29 Å². The summed E-state index contributed by atoms with van der Waals surface area (Å²) in [6.45, 7) is 0.488. The van der Waals surface area contributed by atoms with Gasteiger partial charge in [-0.05, 0) is 29.3 Å². The van der Waals surface area contributed by atoms with E-state index in [1.165, 1.54) is 36.4 Å². The Labute approximate surface area is 295 Å². The molecule has 0 N–H and O–H groups in total. The highest BCUT2D eigenvalue weighted by molar-refractivity contribution is 5.85. The van der Waals surface area contributed by atoms with Crippen molar-refractivity contribution in [2.45, 2.75) is 63.1 Å². The van der Waals surface area contributed by atoms with Gasteiger partial charge in [-0.25, -0.2) is 4.99 Å². The molecule has 274 valence electrons. The number of ether oxygens (including phenoxy) is 5. The van der Waals surface area contributed by atoms with Crippen molar-refractivity contribution in [2.75, 3.05) is 6.61 Å². The molecule has 14 heteroatoms. The Bertz CT molecular complexity index is 1790. The van der Waals surface area contributed by atoms with E-state index in [0.717, 1.165) is 25.3 Å². The average Bonchev–Trinajstić information content (AvgIpc) is 3.12. The molecule has 4 aromatic carbocycles. The summed E-state index contributed by atoms with van der Waals surface area (Å²) in [7, 11) is 0. The number of carbonyl (C=O) groups is 1. The predicted octanol–water partition coefficient (Wildman–Crippen LogP) is 8.26. The van der Waals surface area contributed by atoms with Crippen LogP contribution >= 0.6 is 0 Å². The fourth-order valence-corrected chi connectivity index (χ4v) is 5.33. The van der Waals surface area contributed by atoms with Gasteiger partial charge in [-0.1, -0.05) is 97.1 Å². The van der Waals surface area contributed by atoms with Crippen molar-refractivity contribution in [3.05, 3.63) is 138 Å². The Morgan fingerprint density at radius 1 is 0.750 bits per heavy atom. The second-order valence-electron chi connectivity index (χ2n) is 11.6. The monoisotopic (exact) mass is 728 g/mol. The fourth-order valence-electron chi connectivity index (χ4n) is 5.33. The first-order valence-electron chi connectivity index (χ1n) is 16.1. The molecule has 0 amide bonds. The van der Waals surface area contributed by atoms with Crippen molar-refractivity contribution in [1.29, 1.82) is 0 Å². The van der Waals surface area contributed by atoms with E-state index in [1.54, 1.807) is 66.7 Å². The van der Waals surface area contributed by atoms with E-state index >= 15 is 0 Å². The minimum Gasteiger partial charge on any atom is -0.463 e. The van der Waals surface area contributed by atoms with Gasteiger partial charge in [0.1, 0.15) is 31.0 Å². The summed E-state index contributed by atoms with van der Waals surface area (Å²) in [5.41, 5.74) is -0.115. The van der Waals surface area contributed by atoms with Crippen LogP contribution < -0.4 is 0 Å². The van der Waals surface area contributed by atoms with Gasteiger partial charge in [0, 0.05) is 18.7 Å². The van der Waals surface area contributed by atoms with Gasteiger partial charge in [-0.2, -0.15) is 26.3 Å². The lowest BCUT2D eigenvalue weighted by atomic mass is 9.96. The Morgan fingerprint density at radius 2 is 1.29 bits per heavy atom.